The third-order valence-electron chi connectivity index (χ3n) is 3.73. The van der Waals surface area contributed by atoms with Crippen molar-refractivity contribution in [1.29, 1.82) is 0 Å². The van der Waals surface area contributed by atoms with E-state index in [9.17, 15) is 22.8 Å². The Bertz CT molecular complexity index is 862. The number of carbonyl (C=O) groups excluding carboxylic acids is 1. The normalized spacial score (nSPS) is 16.6. The van der Waals surface area contributed by atoms with Gasteiger partial charge in [0.25, 0.3) is 5.56 Å². The third kappa shape index (κ3) is 3.87. The summed E-state index contributed by atoms with van der Waals surface area (Å²) in [6.45, 7) is 1.73. The number of benzene rings is 1. The van der Waals surface area contributed by atoms with E-state index in [1.807, 2.05) is 0 Å². The molecule has 1 unspecified atom stereocenters. The number of anilines is 1. The van der Waals surface area contributed by atoms with Crippen LogP contribution in [0.3, 0.4) is 0 Å². The molecule has 2 aromatic rings. The van der Waals surface area contributed by atoms with Gasteiger partial charge in [-0.05, 0) is 31.2 Å². The number of hydrogen-bond acceptors (Lipinski definition) is 4. The third-order valence-corrected chi connectivity index (χ3v) is 4.83. The SMILES string of the molecule is Cc1cc(=O)n2c(n1)SCC2CC(=O)Nc1ccc(C(F)(F)F)cc1. The highest BCUT2D eigenvalue weighted by Crippen LogP contribution is 2.32. The predicted octanol–water partition coefficient (Wildman–Crippen LogP) is 3.25. The number of fused-ring (bicyclic) bond motifs is 1. The molecule has 3 rings (SSSR count). The molecule has 1 aliphatic heterocycles. The first-order valence-electron chi connectivity index (χ1n) is 7.44. The number of rotatable bonds is 3. The van der Waals surface area contributed by atoms with E-state index in [0.717, 1.165) is 12.1 Å². The second kappa shape index (κ2) is 6.55. The Morgan fingerprint density at radius 3 is 2.68 bits per heavy atom. The van der Waals surface area contributed by atoms with Crippen molar-refractivity contribution in [3.05, 3.63) is 51.9 Å². The van der Waals surface area contributed by atoms with E-state index in [-0.39, 0.29) is 29.6 Å². The van der Waals surface area contributed by atoms with Crippen LogP contribution in [-0.4, -0.2) is 21.2 Å². The van der Waals surface area contributed by atoms with Gasteiger partial charge < -0.3 is 5.32 Å². The Labute approximate surface area is 145 Å². The summed E-state index contributed by atoms with van der Waals surface area (Å²) in [5, 5.41) is 3.14. The molecular weight excluding hydrogens is 355 g/mol. The fourth-order valence-corrected chi connectivity index (χ4v) is 3.78. The smallest absolute Gasteiger partial charge is 0.326 e. The molecule has 0 saturated heterocycles. The lowest BCUT2D eigenvalue weighted by atomic mass is 10.2. The number of hydrogen-bond donors (Lipinski definition) is 1. The molecule has 1 N–H and O–H groups in total. The molecule has 0 spiro atoms. The number of alkyl halides is 3. The molecule has 132 valence electrons. The second-order valence-corrected chi connectivity index (χ2v) is 6.67. The van der Waals surface area contributed by atoms with Gasteiger partial charge in [0.15, 0.2) is 5.16 Å². The molecule has 1 amide bonds. The monoisotopic (exact) mass is 369 g/mol. The van der Waals surface area contributed by atoms with E-state index in [4.69, 9.17) is 0 Å². The van der Waals surface area contributed by atoms with Crippen molar-refractivity contribution < 1.29 is 18.0 Å². The maximum absolute atomic E-state index is 12.5. The molecule has 1 aromatic heterocycles. The Balaban J connectivity index is 1.68. The van der Waals surface area contributed by atoms with Crippen LogP contribution in [0, 0.1) is 6.92 Å². The van der Waals surface area contributed by atoms with Crippen LogP contribution in [0.15, 0.2) is 40.3 Å². The van der Waals surface area contributed by atoms with Gasteiger partial charge in [-0.3, -0.25) is 14.2 Å². The maximum atomic E-state index is 12.5. The fraction of sp³-hybridized carbons (Fsp3) is 0.312. The lowest BCUT2D eigenvalue weighted by Crippen LogP contribution is -2.27. The standard InChI is InChI=1S/C16H14F3N3O2S/c1-9-6-14(24)22-12(8-25-15(22)20-9)7-13(23)21-11-4-2-10(3-5-11)16(17,18)19/h2-6,12H,7-8H2,1H3,(H,21,23). The minimum atomic E-state index is -4.42. The number of amides is 1. The molecule has 0 saturated carbocycles. The summed E-state index contributed by atoms with van der Waals surface area (Å²) in [6, 6.07) is 5.32. The first-order chi connectivity index (χ1) is 11.7. The molecule has 0 fully saturated rings. The van der Waals surface area contributed by atoms with Crippen molar-refractivity contribution in [3.63, 3.8) is 0 Å². The highest BCUT2D eigenvalue weighted by atomic mass is 32.2. The Hall–Kier alpha value is -2.29. The first kappa shape index (κ1) is 17.5. The fourth-order valence-electron chi connectivity index (χ4n) is 2.58. The van der Waals surface area contributed by atoms with Gasteiger partial charge in [0.1, 0.15) is 0 Å². The van der Waals surface area contributed by atoms with Crippen molar-refractivity contribution in [2.45, 2.75) is 30.7 Å². The van der Waals surface area contributed by atoms with Gasteiger partial charge in [-0.1, -0.05) is 11.8 Å². The van der Waals surface area contributed by atoms with Gasteiger partial charge in [0.2, 0.25) is 5.91 Å². The summed E-state index contributed by atoms with van der Waals surface area (Å²) >= 11 is 1.40. The zero-order chi connectivity index (χ0) is 18.2. The highest BCUT2D eigenvalue weighted by molar-refractivity contribution is 7.99. The zero-order valence-corrected chi connectivity index (χ0v) is 13.9. The number of halogens is 3. The predicted molar refractivity (Wildman–Crippen MR) is 87.7 cm³/mol. The number of nitrogens with zero attached hydrogens (tertiary/aromatic N) is 2. The number of aryl methyl sites for hydroxylation is 1. The quantitative estimate of drug-likeness (QED) is 0.844. The summed E-state index contributed by atoms with van der Waals surface area (Å²) < 4.78 is 39.1. The second-order valence-electron chi connectivity index (χ2n) is 5.68. The lowest BCUT2D eigenvalue weighted by Gasteiger charge is -2.13. The van der Waals surface area contributed by atoms with Crippen molar-refractivity contribution >= 4 is 23.4 Å². The molecule has 1 aromatic carbocycles. The summed E-state index contributed by atoms with van der Waals surface area (Å²) in [4.78, 5) is 28.5. The minimum Gasteiger partial charge on any atom is -0.326 e. The van der Waals surface area contributed by atoms with Gasteiger partial charge in [0, 0.05) is 29.6 Å². The molecule has 25 heavy (non-hydrogen) atoms. The maximum Gasteiger partial charge on any atom is 0.416 e. The van der Waals surface area contributed by atoms with E-state index in [2.05, 4.69) is 10.3 Å². The van der Waals surface area contributed by atoms with Gasteiger partial charge in [-0.15, -0.1) is 0 Å². The zero-order valence-electron chi connectivity index (χ0n) is 13.1. The Morgan fingerprint density at radius 2 is 2.04 bits per heavy atom. The van der Waals surface area contributed by atoms with E-state index in [1.165, 1.54) is 34.5 Å². The summed E-state index contributed by atoms with van der Waals surface area (Å²) in [7, 11) is 0. The first-order valence-corrected chi connectivity index (χ1v) is 8.42. The molecular formula is C16H14F3N3O2S. The van der Waals surface area contributed by atoms with Crippen LogP contribution < -0.4 is 10.9 Å². The molecule has 0 bridgehead atoms. The van der Waals surface area contributed by atoms with Crippen LogP contribution in [0.2, 0.25) is 0 Å². The Morgan fingerprint density at radius 1 is 1.36 bits per heavy atom. The topological polar surface area (TPSA) is 64.0 Å². The molecule has 5 nitrogen and oxygen atoms in total. The van der Waals surface area contributed by atoms with Gasteiger partial charge in [0.05, 0.1) is 11.6 Å². The average molecular weight is 369 g/mol. The van der Waals surface area contributed by atoms with Crippen LogP contribution in [0.4, 0.5) is 18.9 Å². The number of nitrogens with one attached hydrogen (secondary N) is 1. The number of thioether (sulfide) groups is 1. The van der Waals surface area contributed by atoms with Gasteiger partial charge >= 0.3 is 6.18 Å². The molecule has 0 radical (unpaired) electrons. The molecule has 0 aliphatic carbocycles. The van der Waals surface area contributed by atoms with Crippen molar-refractivity contribution in [2.24, 2.45) is 0 Å². The Kier molecular flexibility index (Phi) is 4.59. The van der Waals surface area contributed by atoms with Crippen molar-refractivity contribution in [1.82, 2.24) is 9.55 Å². The molecule has 1 aliphatic rings. The van der Waals surface area contributed by atoms with Gasteiger partial charge in [-0.2, -0.15) is 13.2 Å². The van der Waals surface area contributed by atoms with E-state index >= 15 is 0 Å². The van der Waals surface area contributed by atoms with E-state index in [1.54, 1.807) is 6.92 Å². The van der Waals surface area contributed by atoms with Crippen LogP contribution in [0.1, 0.15) is 23.7 Å². The van der Waals surface area contributed by atoms with Crippen LogP contribution in [-0.2, 0) is 11.0 Å². The lowest BCUT2D eigenvalue weighted by molar-refractivity contribution is -0.137. The van der Waals surface area contributed by atoms with Crippen molar-refractivity contribution in [3.8, 4) is 0 Å². The van der Waals surface area contributed by atoms with Gasteiger partial charge in [-0.25, -0.2) is 4.98 Å². The minimum absolute atomic E-state index is 0.0473. The summed E-state index contributed by atoms with van der Waals surface area (Å²) in [5.41, 5.74) is -0.0868. The van der Waals surface area contributed by atoms with Crippen molar-refractivity contribution in [2.75, 3.05) is 11.1 Å². The van der Waals surface area contributed by atoms with E-state index < -0.39 is 11.7 Å². The average Bonchev–Trinajstić information content (AvgIpc) is 2.89. The molecule has 1 atom stereocenters. The van der Waals surface area contributed by atoms with Crippen LogP contribution >= 0.6 is 11.8 Å². The summed E-state index contributed by atoms with van der Waals surface area (Å²) in [5.74, 6) is 0.178. The van der Waals surface area contributed by atoms with E-state index in [0.29, 0.717) is 16.6 Å². The van der Waals surface area contributed by atoms with Crippen LogP contribution in [0.5, 0.6) is 0 Å². The summed E-state index contributed by atoms with van der Waals surface area (Å²) in [6.07, 6.45) is -4.37. The van der Waals surface area contributed by atoms with Crippen LogP contribution in [0.25, 0.3) is 0 Å². The number of carbonyl (C=O) groups is 1. The molecule has 9 heteroatoms. The largest absolute Gasteiger partial charge is 0.416 e. The molecule has 2 heterocycles. The highest BCUT2D eigenvalue weighted by Gasteiger charge is 2.30. The number of aromatic nitrogens is 2.